The molecule has 0 saturated heterocycles. The number of aromatic nitrogens is 7. The third-order valence-electron chi connectivity index (χ3n) is 17.9. The monoisotopic (exact) mass is 1250 g/mol. The van der Waals surface area contributed by atoms with Crippen LogP contribution in [0.5, 0.6) is 0 Å². The number of hydrogen-bond acceptors (Lipinski definition) is 6. The Hall–Kier alpha value is -11.1. The van der Waals surface area contributed by atoms with Gasteiger partial charge in [-0.1, -0.05) is 163 Å². The van der Waals surface area contributed by atoms with Crippen LogP contribution in [0.3, 0.4) is 0 Å². The maximum atomic E-state index is 9.96. The van der Waals surface area contributed by atoms with Gasteiger partial charge in [-0.25, -0.2) is 19.9 Å². The minimum absolute atomic E-state index is 0. The van der Waals surface area contributed by atoms with Crippen LogP contribution in [-0.4, -0.2) is 40.8 Å². The van der Waals surface area contributed by atoms with Gasteiger partial charge >= 0.3 is 29.6 Å². The molecule has 18 aromatic rings. The van der Waals surface area contributed by atoms with Crippen molar-refractivity contribution in [1.82, 2.24) is 33.6 Å². The van der Waals surface area contributed by atoms with E-state index in [1.807, 2.05) is 54.6 Å². The van der Waals surface area contributed by atoms with E-state index >= 15 is 0 Å². The smallest absolute Gasteiger partial charge is 1.00 e. The quantitative estimate of drug-likeness (QED) is 0.0968. The van der Waals surface area contributed by atoms with Crippen molar-refractivity contribution in [2.75, 3.05) is 7.15 Å². The number of halogens is 2. The van der Waals surface area contributed by atoms with Crippen molar-refractivity contribution >= 4 is 122 Å². The first-order valence-electron chi connectivity index (χ1n) is 31.3. The van der Waals surface area contributed by atoms with Gasteiger partial charge in [0.1, 0.15) is 52.6 Å². The van der Waals surface area contributed by atoms with Crippen molar-refractivity contribution < 1.29 is 45.6 Å². The van der Waals surface area contributed by atoms with Gasteiger partial charge in [0.05, 0.1) is 47.9 Å². The molecule has 442 valence electrons. The van der Waals surface area contributed by atoms with Gasteiger partial charge in [0.25, 0.3) is 0 Å². The van der Waals surface area contributed by atoms with Gasteiger partial charge in [-0.2, -0.15) is 0 Å². The number of hydrogen-bond donors (Lipinski definition) is 0. The number of furan rings is 2. The van der Waals surface area contributed by atoms with Crippen LogP contribution in [-0.2, 0) is 6.42 Å². The molecule has 0 unspecified atom stereocenters. The summed E-state index contributed by atoms with van der Waals surface area (Å²) in [6.45, 7) is 0. The van der Waals surface area contributed by atoms with Crippen LogP contribution in [0.4, 0.5) is 4.39 Å². The van der Waals surface area contributed by atoms with Gasteiger partial charge in [-0.15, -0.1) is 0 Å². The molecule has 9 nitrogen and oxygen atoms in total. The van der Waals surface area contributed by atoms with E-state index in [0.717, 1.165) is 67.3 Å². The first-order valence-corrected chi connectivity index (χ1v) is 30.9. The Balaban J connectivity index is 0.000000129. The Morgan fingerprint density at radius 3 is 1.57 bits per heavy atom. The average molecular weight is 1250 g/mol. The molecular weight excluding hydrogens is 1190 g/mol. The van der Waals surface area contributed by atoms with Gasteiger partial charge in [0, 0.05) is 49.5 Å². The summed E-state index contributed by atoms with van der Waals surface area (Å²) in [5, 5.41) is 8.39. The molecule has 12 heteroatoms. The summed E-state index contributed by atoms with van der Waals surface area (Å²) in [6.07, 6.45) is 13.7. The minimum Gasteiger partial charge on any atom is -1.00 e. The summed E-state index contributed by atoms with van der Waals surface area (Å²) in [6, 6.07) is 90.2. The summed E-state index contributed by atoms with van der Waals surface area (Å²) in [5.41, 5.74) is 25.4. The number of para-hydroxylation sites is 6. The fraction of sp³-hybridized carbons (Fsp3) is 0.0244. The number of nitrogens with zero attached hydrogens (tertiary/aromatic N) is 7. The molecule has 0 radical (unpaired) electrons. The molecule has 0 saturated carbocycles. The second-order valence-electron chi connectivity index (χ2n) is 23.0. The Labute approximate surface area is 568 Å². The normalized spacial score (nSPS) is 12.0. The molecule has 0 aliphatic heterocycles. The van der Waals surface area contributed by atoms with Crippen molar-refractivity contribution in [3.8, 4) is 50.6 Å². The zero-order valence-electron chi connectivity index (χ0n) is 52.8. The molecule has 7 heterocycles. The SMILES string of the molecule is Clc1ncnc2c1oc1ccccc12.[2H]CF.[C+]1=Cc2c(c3cc(-c4ccc5c(c4)-c4ccccc4C5)ccc3n2-c2ccccc2)C=C1.[H-].[Na+].c1ccc(-n2c3ccccc3c3cc(-c4ccc5c(c4)c4ccccc4n5-c4ncnc5c4oc4ccccc45)ccc32)cc1. The van der Waals surface area contributed by atoms with Crippen LogP contribution in [0.2, 0.25) is 5.15 Å². The van der Waals surface area contributed by atoms with E-state index in [1.165, 1.54) is 106 Å². The molecule has 11 aromatic carbocycles. The second kappa shape index (κ2) is 24.2. The Kier molecular flexibility index (Phi) is 14.6. The molecule has 94 heavy (non-hydrogen) atoms. The van der Waals surface area contributed by atoms with Gasteiger partial charge in [-0.3, -0.25) is 13.5 Å². The second-order valence-corrected chi connectivity index (χ2v) is 23.3. The van der Waals surface area contributed by atoms with Crippen LogP contribution in [0.1, 0.15) is 25.2 Å². The molecule has 7 aromatic heterocycles. The molecule has 0 spiro atoms. The van der Waals surface area contributed by atoms with Crippen LogP contribution >= 0.6 is 11.6 Å². The molecule has 2 aliphatic rings. The van der Waals surface area contributed by atoms with E-state index in [1.54, 1.807) is 6.33 Å². The first kappa shape index (κ1) is 56.9. The Bertz CT molecular complexity index is 6080. The molecule has 0 atom stereocenters. The average Bonchev–Trinajstić information content (AvgIpc) is 1.58. The fourth-order valence-corrected chi connectivity index (χ4v) is 14.0. The number of alkyl halides is 1. The molecule has 0 amide bonds. The molecule has 0 bridgehead atoms. The third-order valence-corrected chi connectivity index (χ3v) is 18.2. The molecule has 20 rings (SSSR count). The van der Waals surface area contributed by atoms with E-state index in [-0.39, 0.29) is 31.0 Å². The van der Waals surface area contributed by atoms with E-state index in [2.05, 4.69) is 253 Å². The van der Waals surface area contributed by atoms with Crippen molar-refractivity contribution in [3.05, 3.63) is 307 Å². The summed E-state index contributed by atoms with van der Waals surface area (Å²) in [4.78, 5) is 17.4. The van der Waals surface area contributed by atoms with Crippen molar-refractivity contribution in [3.63, 3.8) is 0 Å². The summed E-state index contributed by atoms with van der Waals surface area (Å²) in [7, 11) is -1.00. The zero-order chi connectivity index (χ0) is 62.8. The van der Waals surface area contributed by atoms with Gasteiger partial charge in [0.2, 0.25) is 0 Å². The Morgan fingerprint density at radius 1 is 0.447 bits per heavy atom. The van der Waals surface area contributed by atoms with Gasteiger partial charge < -0.3 is 14.8 Å². The van der Waals surface area contributed by atoms with Gasteiger partial charge in [-0.05, 0) is 154 Å². The Morgan fingerprint density at radius 2 is 0.915 bits per heavy atom. The largest absolute Gasteiger partial charge is 1.00 e. The maximum absolute atomic E-state index is 9.96. The van der Waals surface area contributed by atoms with Crippen LogP contribution < -0.4 is 29.6 Å². The van der Waals surface area contributed by atoms with Crippen LogP contribution in [0.15, 0.2) is 282 Å². The van der Waals surface area contributed by atoms with Crippen molar-refractivity contribution in [1.29, 1.82) is 0 Å². The van der Waals surface area contributed by atoms with Crippen molar-refractivity contribution in [2.45, 2.75) is 6.42 Å². The number of allylic oxidation sites excluding steroid dienone is 2. The third kappa shape index (κ3) is 9.70. The predicted molar refractivity (Wildman–Crippen MR) is 380 cm³/mol. The van der Waals surface area contributed by atoms with Gasteiger partial charge in [0.15, 0.2) is 27.8 Å². The standard InChI is InChI=1S/C40H24N4O.C31H20N.C10H5ClN2O.CH3F.Na.H/c1-2-10-27(11-3-1)43-33-15-7-4-12-28(33)31-22-25(18-20-35(31)43)26-19-21-36-32(23-26)29-13-5-8-16-34(29)44(36)40-39-38(41-24-42-40)30-14-6-9-17-37(30)45-39;1-2-9-25(10-3-1)32-30-13-7-6-12-27(30)29-20-22(16-17-31(29)32)21-14-15-24-18-23-8-4-5-11-26(23)28(24)19-21;11-10-9-8(12-5-13-10)6-3-1-2-4-7(6)14-9;1-2;;/h1-24H;1-6,8-17,19-20H,18H2;1-5H;1H3;;/q;+1;;;+1;-1/i;;;1D;;. The summed E-state index contributed by atoms with van der Waals surface area (Å²) in [5.74, 6) is 0.741. The number of fused-ring (bicyclic) bond motifs is 18. The predicted octanol–water partition coefficient (Wildman–Crippen LogP) is 18.7. The van der Waals surface area contributed by atoms with E-state index in [0.29, 0.717) is 16.3 Å². The van der Waals surface area contributed by atoms with E-state index in [9.17, 15) is 4.39 Å². The first-order chi connectivity index (χ1) is 46.5. The van der Waals surface area contributed by atoms with E-state index in [4.69, 9.17) is 26.8 Å². The van der Waals surface area contributed by atoms with E-state index < -0.39 is 7.15 Å². The topological polar surface area (TPSA) is 92.6 Å². The summed E-state index contributed by atoms with van der Waals surface area (Å²) >= 11 is 5.88. The molecule has 2 aliphatic carbocycles. The van der Waals surface area contributed by atoms with Crippen LogP contribution in [0.25, 0.3) is 161 Å². The number of rotatable bonds is 5. The molecule has 0 fully saturated rings. The maximum Gasteiger partial charge on any atom is 1.00 e. The van der Waals surface area contributed by atoms with Crippen LogP contribution in [0, 0.1) is 6.08 Å². The summed E-state index contributed by atoms with van der Waals surface area (Å²) < 4.78 is 34.3. The zero-order valence-corrected chi connectivity index (χ0v) is 53.5. The molecule has 0 N–H and O–H groups in total. The fourth-order valence-electron chi connectivity index (χ4n) is 13.8. The minimum atomic E-state index is -1.00. The molecular formula is C82H53ClFN7NaO2+. The van der Waals surface area contributed by atoms with Crippen molar-refractivity contribution in [2.24, 2.45) is 0 Å². The number of benzene rings is 11.